The van der Waals surface area contributed by atoms with Crippen molar-refractivity contribution in [1.82, 2.24) is 24.7 Å². The quantitative estimate of drug-likeness (QED) is 0.343. The average Bonchev–Trinajstić information content (AvgIpc) is 3.40. The number of ether oxygens (including phenoxy) is 1. The molecule has 12 heteroatoms. The summed E-state index contributed by atoms with van der Waals surface area (Å²) < 4.78 is 49.5. The van der Waals surface area contributed by atoms with E-state index in [1.807, 2.05) is 35.7 Å². The van der Waals surface area contributed by atoms with Crippen molar-refractivity contribution in [3.63, 3.8) is 0 Å². The van der Waals surface area contributed by atoms with Gasteiger partial charge in [-0.15, -0.1) is 0 Å². The number of benzene rings is 1. The first-order chi connectivity index (χ1) is 18.7. The van der Waals surface area contributed by atoms with Gasteiger partial charge >= 0.3 is 0 Å². The molecule has 4 heterocycles. The first-order valence-electron chi connectivity index (χ1n) is 12.6. The highest BCUT2D eigenvalue weighted by atomic mass is 19.1. The van der Waals surface area contributed by atoms with Gasteiger partial charge in [0.1, 0.15) is 35.2 Å². The fraction of sp³-hybridized carbons (Fsp3) is 0.333. The average molecular weight is 539 g/mol. The minimum atomic E-state index is -1.06. The lowest BCUT2D eigenvalue weighted by molar-refractivity contribution is 0.244. The predicted octanol–water partition coefficient (Wildman–Crippen LogP) is 4.89. The summed E-state index contributed by atoms with van der Waals surface area (Å²) in [4.78, 5) is 15.2. The van der Waals surface area contributed by atoms with E-state index in [-0.39, 0.29) is 23.2 Å². The molecule has 1 aliphatic rings. The number of nitrogens with zero attached hydrogens (tertiary/aromatic N) is 6. The number of nitrogens with two attached hydrogens (primary N) is 1. The van der Waals surface area contributed by atoms with Gasteiger partial charge in [-0.2, -0.15) is 5.10 Å². The van der Waals surface area contributed by atoms with Gasteiger partial charge in [0.25, 0.3) is 0 Å². The predicted molar refractivity (Wildman–Crippen MR) is 143 cm³/mol. The highest BCUT2D eigenvalue weighted by Gasteiger charge is 2.28. The molecule has 0 spiro atoms. The first-order valence-corrected chi connectivity index (χ1v) is 12.6. The third kappa shape index (κ3) is 5.51. The molecule has 1 aromatic carbocycles. The molecule has 1 fully saturated rings. The molecule has 9 nitrogen and oxygen atoms in total. The van der Waals surface area contributed by atoms with Crippen molar-refractivity contribution in [2.45, 2.75) is 38.5 Å². The molecule has 4 aromatic rings. The van der Waals surface area contributed by atoms with Gasteiger partial charge in [0.2, 0.25) is 0 Å². The van der Waals surface area contributed by atoms with Crippen LogP contribution in [0.5, 0.6) is 5.75 Å². The minimum Gasteiger partial charge on any atom is -0.496 e. The molecule has 1 aliphatic heterocycles. The summed E-state index contributed by atoms with van der Waals surface area (Å²) >= 11 is 0. The normalized spacial score (nSPS) is 17.5. The number of pyridine rings is 1. The van der Waals surface area contributed by atoms with Gasteiger partial charge in [-0.25, -0.2) is 28.1 Å². The Morgan fingerprint density at radius 3 is 2.67 bits per heavy atom. The van der Waals surface area contributed by atoms with E-state index in [2.05, 4.69) is 25.4 Å². The van der Waals surface area contributed by atoms with Crippen molar-refractivity contribution in [2.24, 2.45) is 5.73 Å². The smallest absolute Gasteiger partial charge is 0.168 e. The van der Waals surface area contributed by atoms with Gasteiger partial charge in [-0.3, -0.25) is 4.68 Å². The number of aromatic nitrogens is 5. The van der Waals surface area contributed by atoms with Gasteiger partial charge in [0, 0.05) is 72.7 Å². The molecular weight excluding hydrogens is 509 g/mol. The number of hydrogen-bond acceptors (Lipinski definition) is 8. The minimum absolute atomic E-state index is 0.0169. The summed E-state index contributed by atoms with van der Waals surface area (Å²) in [5.74, 6) is -0.828. The Labute approximate surface area is 223 Å². The number of rotatable bonds is 7. The number of hydrogen-bond donors (Lipinski definition) is 2. The molecule has 0 unspecified atom stereocenters. The van der Waals surface area contributed by atoms with Crippen LogP contribution in [-0.4, -0.2) is 57.1 Å². The summed E-state index contributed by atoms with van der Waals surface area (Å²) in [6.45, 7) is 4.91. The molecule has 0 bridgehead atoms. The summed E-state index contributed by atoms with van der Waals surface area (Å²) in [7, 11) is 1.31. The highest BCUT2D eigenvalue weighted by Crippen LogP contribution is 2.36. The molecule has 3 aromatic heterocycles. The van der Waals surface area contributed by atoms with Crippen molar-refractivity contribution in [1.29, 1.82) is 0 Å². The molecule has 39 heavy (non-hydrogen) atoms. The van der Waals surface area contributed by atoms with Crippen LogP contribution in [0.15, 0.2) is 49.1 Å². The monoisotopic (exact) mass is 538 g/mol. The van der Waals surface area contributed by atoms with Crippen molar-refractivity contribution in [3.8, 4) is 28.3 Å². The fourth-order valence-electron chi connectivity index (χ4n) is 4.54. The maximum absolute atomic E-state index is 14.6. The maximum atomic E-state index is 14.6. The van der Waals surface area contributed by atoms with Crippen LogP contribution in [-0.2, 0) is 0 Å². The summed E-state index contributed by atoms with van der Waals surface area (Å²) in [5, 5.41) is 7.58. The van der Waals surface area contributed by atoms with Crippen molar-refractivity contribution in [2.75, 3.05) is 30.4 Å². The Morgan fingerprint density at radius 2 is 1.95 bits per heavy atom. The van der Waals surface area contributed by atoms with E-state index in [1.54, 1.807) is 18.5 Å². The molecule has 1 saturated heterocycles. The van der Waals surface area contributed by atoms with E-state index in [0.717, 1.165) is 28.9 Å². The number of piperidine rings is 1. The molecule has 0 radical (unpaired) electrons. The zero-order chi connectivity index (χ0) is 27.7. The Hall–Kier alpha value is -4.19. The number of alkyl halides is 1. The second-order valence-corrected chi connectivity index (χ2v) is 9.66. The van der Waals surface area contributed by atoms with E-state index in [4.69, 9.17) is 10.5 Å². The van der Waals surface area contributed by atoms with Gasteiger partial charge in [-0.05, 0) is 26.3 Å². The van der Waals surface area contributed by atoms with Gasteiger partial charge in [-0.1, -0.05) is 0 Å². The topological polar surface area (TPSA) is 107 Å². The summed E-state index contributed by atoms with van der Waals surface area (Å²) in [6, 6.07) is 4.84. The van der Waals surface area contributed by atoms with E-state index in [1.165, 1.54) is 13.3 Å². The number of nitrogens with one attached hydrogen (secondary N) is 1. The van der Waals surface area contributed by atoms with Crippen LogP contribution >= 0.6 is 0 Å². The summed E-state index contributed by atoms with van der Waals surface area (Å²) in [6.07, 6.45) is 6.15. The first kappa shape index (κ1) is 26.4. The van der Waals surface area contributed by atoms with Gasteiger partial charge in [0.15, 0.2) is 5.82 Å². The lowest BCUT2D eigenvalue weighted by Crippen LogP contribution is -2.49. The molecular formula is C27H29F3N8O. The van der Waals surface area contributed by atoms with Crippen molar-refractivity contribution >= 4 is 17.3 Å². The Bertz CT molecular complexity index is 1480. The molecule has 204 valence electrons. The van der Waals surface area contributed by atoms with E-state index >= 15 is 0 Å². The zero-order valence-electron chi connectivity index (χ0n) is 21.8. The number of halogens is 3. The third-order valence-corrected chi connectivity index (χ3v) is 6.61. The molecule has 0 amide bonds. The van der Waals surface area contributed by atoms with E-state index < -0.39 is 23.8 Å². The number of anilines is 3. The van der Waals surface area contributed by atoms with Crippen LogP contribution in [0.25, 0.3) is 22.5 Å². The number of methoxy groups -OCH3 is 1. The van der Waals surface area contributed by atoms with Gasteiger partial charge < -0.3 is 20.7 Å². The van der Waals surface area contributed by atoms with Crippen LogP contribution in [0.4, 0.5) is 30.5 Å². The lowest BCUT2D eigenvalue weighted by Gasteiger charge is -2.35. The van der Waals surface area contributed by atoms with Crippen LogP contribution < -0.4 is 20.7 Å². The molecule has 5 rings (SSSR count). The van der Waals surface area contributed by atoms with Crippen molar-refractivity contribution < 1.29 is 17.9 Å². The Morgan fingerprint density at radius 1 is 1.13 bits per heavy atom. The van der Waals surface area contributed by atoms with Crippen LogP contribution in [0.3, 0.4) is 0 Å². The molecule has 0 aliphatic carbocycles. The van der Waals surface area contributed by atoms with Crippen LogP contribution in [0, 0.1) is 11.6 Å². The van der Waals surface area contributed by atoms with Crippen molar-refractivity contribution in [3.05, 3.63) is 60.7 Å². The second kappa shape index (κ2) is 10.9. The Kier molecular flexibility index (Phi) is 7.38. The standard InChI is InChI=1S/C27H29F3N8O/c1-15(2)38-13-16(11-34-38)18-12-33-25(10-22(18)37-7-5-19(29)21(31)14-37)35-24-4-6-32-27(36-24)26-20(30)8-17(28)9-23(26)39-3/h4,6,8-13,15,19,21H,5,7,14,31H2,1-3H3,(H,32,33,35,36)/t19-,21-/m1/s1. The summed E-state index contributed by atoms with van der Waals surface area (Å²) in [5.41, 5.74) is 8.54. The van der Waals surface area contributed by atoms with E-state index in [0.29, 0.717) is 31.1 Å². The SMILES string of the molecule is COc1cc(F)cc(F)c1-c1nccc(Nc2cc(N3CC[C@@H](F)[C@H](N)C3)c(-c3cnn(C(C)C)c3)cn2)n1. The highest BCUT2D eigenvalue weighted by molar-refractivity contribution is 5.80. The largest absolute Gasteiger partial charge is 0.496 e. The van der Waals surface area contributed by atoms with Crippen LogP contribution in [0.1, 0.15) is 26.3 Å². The third-order valence-electron chi connectivity index (χ3n) is 6.61. The second-order valence-electron chi connectivity index (χ2n) is 9.66. The molecule has 3 N–H and O–H groups in total. The fourth-order valence-corrected chi connectivity index (χ4v) is 4.54. The van der Waals surface area contributed by atoms with Gasteiger partial charge in [0.05, 0.1) is 24.9 Å². The van der Waals surface area contributed by atoms with E-state index in [9.17, 15) is 13.2 Å². The Balaban J connectivity index is 1.50. The van der Waals surface area contributed by atoms with Crippen LogP contribution in [0.2, 0.25) is 0 Å². The molecule has 2 atom stereocenters. The maximum Gasteiger partial charge on any atom is 0.168 e. The molecule has 0 saturated carbocycles. The zero-order valence-corrected chi connectivity index (χ0v) is 21.8. The lowest BCUT2D eigenvalue weighted by atomic mass is 10.0.